The van der Waals surface area contributed by atoms with Crippen LogP contribution in [-0.4, -0.2) is 12.5 Å². The van der Waals surface area contributed by atoms with Crippen LogP contribution in [-0.2, 0) is 11.2 Å². The number of carbonyl (C=O) groups excluding carboxylic acids is 1. The highest BCUT2D eigenvalue weighted by Crippen LogP contribution is 2.33. The molecule has 2 N–H and O–H groups in total. The Kier molecular flexibility index (Phi) is 6.10. The van der Waals surface area contributed by atoms with E-state index in [4.69, 9.17) is 0 Å². The van der Waals surface area contributed by atoms with E-state index in [-0.39, 0.29) is 11.9 Å². The van der Waals surface area contributed by atoms with Crippen LogP contribution in [0.2, 0.25) is 0 Å². The van der Waals surface area contributed by atoms with Gasteiger partial charge >= 0.3 is 0 Å². The second-order valence-corrected chi connectivity index (χ2v) is 8.10. The van der Waals surface area contributed by atoms with Gasteiger partial charge in [0.15, 0.2) is 0 Å². The van der Waals surface area contributed by atoms with Crippen molar-refractivity contribution in [2.75, 3.05) is 11.9 Å². The van der Waals surface area contributed by atoms with Crippen LogP contribution in [0.5, 0.6) is 0 Å². The number of amides is 1. The first-order valence-electron chi connectivity index (χ1n) is 9.72. The maximum absolute atomic E-state index is 12.6. The van der Waals surface area contributed by atoms with Crippen molar-refractivity contribution in [1.82, 2.24) is 5.32 Å². The van der Waals surface area contributed by atoms with E-state index in [2.05, 4.69) is 47.0 Å². The minimum absolute atomic E-state index is 0.0100. The summed E-state index contributed by atoms with van der Waals surface area (Å²) in [6, 6.07) is 26.9. The number of hydrogen-bond acceptors (Lipinski definition) is 3. The Bertz CT molecular complexity index is 942. The van der Waals surface area contributed by atoms with Crippen LogP contribution in [0.3, 0.4) is 0 Å². The van der Waals surface area contributed by atoms with Gasteiger partial charge in [-0.1, -0.05) is 66.4 Å². The van der Waals surface area contributed by atoms with Crippen molar-refractivity contribution in [3.8, 4) is 0 Å². The first kappa shape index (κ1) is 18.8. The molecule has 3 aromatic carbocycles. The lowest BCUT2D eigenvalue weighted by molar-refractivity contribution is -0.115. The molecule has 3 nitrogen and oxygen atoms in total. The average molecular weight is 389 g/mol. The summed E-state index contributed by atoms with van der Waals surface area (Å²) in [4.78, 5) is 14.8. The van der Waals surface area contributed by atoms with Crippen LogP contribution in [0.25, 0.3) is 0 Å². The molecule has 4 rings (SSSR count). The molecule has 3 aromatic rings. The fourth-order valence-corrected chi connectivity index (χ4v) is 4.57. The highest BCUT2D eigenvalue weighted by Gasteiger charge is 2.20. The lowest BCUT2D eigenvalue weighted by atomic mass is 9.88. The number of hydrogen-bond donors (Lipinski definition) is 2. The zero-order chi connectivity index (χ0) is 19.2. The molecule has 0 heterocycles. The fraction of sp³-hybridized carbons (Fsp3) is 0.208. The maximum Gasteiger partial charge on any atom is 0.238 e. The lowest BCUT2D eigenvalue weighted by Gasteiger charge is -2.26. The van der Waals surface area contributed by atoms with Crippen LogP contribution >= 0.6 is 11.8 Å². The van der Waals surface area contributed by atoms with Crippen LogP contribution in [0.1, 0.15) is 30.0 Å². The van der Waals surface area contributed by atoms with Gasteiger partial charge in [0.05, 0.1) is 12.2 Å². The summed E-state index contributed by atoms with van der Waals surface area (Å²) in [6.45, 7) is 0.309. The standard InChI is InChI=1S/C24H24N2OS/c27-24(17-25-21-15-8-10-18-9-4-5-13-20(18)21)26-22-14-6-7-16-23(22)28-19-11-2-1-3-12-19/h1-7,9,11-14,16,21,25H,8,10,15,17H2,(H,26,27). The van der Waals surface area contributed by atoms with Crippen molar-refractivity contribution >= 4 is 23.4 Å². The normalized spacial score (nSPS) is 15.6. The van der Waals surface area contributed by atoms with E-state index in [1.54, 1.807) is 11.8 Å². The van der Waals surface area contributed by atoms with Gasteiger partial charge < -0.3 is 10.6 Å². The Morgan fingerprint density at radius 1 is 0.929 bits per heavy atom. The third-order valence-electron chi connectivity index (χ3n) is 5.01. The van der Waals surface area contributed by atoms with Crippen molar-refractivity contribution < 1.29 is 4.79 Å². The monoisotopic (exact) mass is 388 g/mol. The van der Waals surface area contributed by atoms with E-state index in [0.717, 1.165) is 34.7 Å². The molecular weight excluding hydrogens is 364 g/mol. The van der Waals surface area contributed by atoms with Crippen molar-refractivity contribution in [2.45, 2.75) is 35.1 Å². The molecule has 0 spiro atoms. The molecule has 4 heteroatoms. The molecule has 1 aliphatic rings. The third kappa shape index (κ3) is 4.64. The Labute approximate surface area is 170 Å². The maximum atomic E-state index is 12.6. The van der Waals surface area contributed by atoms with Gasteiger partial charge in [-0.15, -0.1) is 0 Å². The van der Waals surface area contributed by atoms with Gasteiger partial charge in [-0.3, -0.25) is 4.79 Å². The zero-order valence-electron chi connectivity index (χ0n) is 15.7. The predicted molar refractivity (Wildman–Crippen MR) is 116 cm³/mol. The number of carbonyl (C=O) groups is 1. The molecular formula is C24H24N2OS. The number of nitrogens with one attached hydrogen (secondary N) is 2. The molecule has 0 radical (unpaired) electrons. The molecule has 0 saturated heterocycles. The summed E-state index contributed by atoms with van der Waals surface area (Å²) >= 11 is 1.66. The number of anilines is 1. The minimum atomic E-state index is -0.0100. The number of para-hydroxylation sites is 1. The van der Waals surface area contributed by atoms with Gasteiger partial charge in [0, 0.05) is 15.8 Å². The number of benzene rings is 3. The molecule has 1 atom stereocenters. The van der Waals surface area contributed by atoms with Gasteiger partial charge in [-0.25, -0.2) is 0 Å². The van der Waals surface area contributed by atoms with Crippen molar-refractivity contribution in [2.24, 2.45) is 0 Å². The van der Waals surface area contributed by atoms with E-state index in [9.17, 15) is 4.79 Å². The second kappa shape index (κ2) is 9.09. The third-order valence-corrected chi connectivity index (χ3v) is 6.09. The number of rotatable bonds is 6. The first-order chi connectivity index (χ1) is 13.8. The molecule has 142 valence electrons. The van der Waals surface area contributed by atoms with E-state index in [1.807, 2.05) is 42.5 Å². The minimum Gasteiger partial charge on any atom is -0.324 e. The van der Waals surface area contributed by atoms with Crippen LogP contribution in [0.4, 0.5) is 5.69 Å². The fourth-order valence-electron chi connectivity index (χ4n) is 3.65. The summed E-state index contributed by atoms with van der Waals surface area (Å²) in [5.74, 6) is -0.0100. The van der Waals surface area contributed by atoms with Crippen molar-refractivity contribution in [3.05, 3.63) is 90.0 Å². The van der Waals surface area contributed by atoms with Crippen LogP contribution < -0.4 is 10.6 Å². The molecule has 1 amide bonds. The Hall–Kier alpha value is -2.56. The summed E-state index contributed by atoms with van der Waals surface area (Å²) < 4.78 is 0. The van der Waals surface area contributed by atoms with Gasteiger partial charge in [0.2, 0.25) is 5.91 Å². The molecule has 0 fully saturated rings. The Morgan fingerprint density at radius 3 is 2.57 bits per heavy atom. The second-order valence-electron chi connectivity index (χ2n) is 6.98. The molecule has 0 aliphatic heterocycles. The largest absolute Gasteiger partial charge is 0.324 e. The van der Waals surface area contributed by atoms with Crippen LogP contribution in [0, 0.1) is 0 Å². The van der Waals surface area contributed by atoms with E-state index in [0.29, 0.717) is 6.54 Å². The Balaban J connectivity index is 1.39. The van der Waals surface area contributed by atoms with Crippen molar-refractivity contribution in [3.63, 3.8) is 0 Å². The summed E-state index contributed by atoms with van der Waals surface area (Å²) in [5, 5.41) is 6.52. The van der Waals surface area contributed by atoms with E-state index >= 15 is 0 Å². The lowest BCUT2D eigenvalue weighted by Crippen LogP contribution is -2.33. The zero-order valence-corrected chi connectivity index (χ0v) is 16.5. The van der Waals surface area contributed by atoms with Gasteiger partial charge in [-0.05, 0) is 54.7 Å². The SMILES string of the molecule is O=C(CNC1CCCc2ccccc21)Nc1ccccc1Sc1ccccc1. The molecule has 28 heavy (non-hydrogen) atoms. The summed E-state index contributed by atoms with van der Waals surface area (Å²) in [7, 11) is 0. The highest BCUT2D eigenvalue weighted by molar-refractivity contribution is 7.99. The summed E-state index contributed by atoms with van der Waals surface area (Å²) in [6.07, 6.45) is 3.36. The van der Waals surface area contributed by atoms with Gasteiger partial charge in [0.25, 0.3) is 0 Å². The van der Waals surface area contributed by atoms with E-state index in [1.165, 1.54) is 11.1 Å². The van der Waals surface area contributed by atoms with Gasteiger partial charge in [0.1, 0.15) is 0 Å². The smallest absolute Gasteiger partial charge is 0.238 e. The number of fused-ring (bicyclic) bond motifs is 1. The molecule has 0 aromatic heterocycles. The highest BCUT2D eigenvalue weighted by atomic mass is 32.2. The quantitative estimate of drug-likeness (QED) is 0.590. The number of aryl methyl sites for hydroxylation is 1. The first-order valence-corrected chi connectivity index (χ1v) is 10.5. The average Bonchev–Trinajstić information content (AvgIpc) is 2.74. The molecule has 1 unspecified atom stereocenters. The Morgan fingerprint density at radius 2 is 1.68 bits per heavy atom. The van der Waals surface area contributed by atoms with Crippen LogP contribution in [0.15, 0.2) is 88.7 Å². The van der Waals surface area contributed by atoms with E-state index < -0.39 is 0 Å². The molecule has 0 bridgehead atoms. The topological polar surface area (TPSA) is 41.1 Å². The van der Waals surface area contributed by atoms with Crippen molar-refractivity contribution in [1.29, 1.82) is 0 Å². The molecule has 1 aliphatic carbocycles. The molecule has 0 saturated carbocycles. The van der Waals surface area contributed by atoms with Gasteiger partial charge in [-0.2, -0.15) is 0 Å². The predicted octanol–water partition coefficient (Wildman–Crippen LogP) is 5.44. The summed E-state index contributed by atoms with van der Waals surface area (Å²) in [5.41, 5.74) is 3.59.